The smallest absolute Gasteiger partial charge is 0.0417 e. The molecule has 0 spiro atoms. The van der Waals surface area contributed by atoms with Crippen molar-refractivity contribution in [1.82, 2.24) is 0 Å². The van der Waals surface area contributed by atoms with Gasteiger partial charge in [-0.15, -0.1) is 0 Å². The van der Waals surface area contributed by atoms with Crippen LogP contribution in [0.15, 0.2) is 0 Å². The van der Waals surface area contributed by atoms with Crippen molar-refractivity contribution in [2.45, 2.75) is 252 Å². The lowest BCUT2D eigenvalue weighted by Gasteiger charge is -2.14. The van der Waals surface area contributed by atoms with Crippen molar-refractivity contribution in [2.24, 2.45) is 5.92 Å². The van der Waals surface area contributed by atoms with Crippen LogP contribution in [-0.2, 0) is 0 Å². The molecule has 1 atom stereocenters. The molecule has 0 heterocycles. The Morgan fingerprint density at radius 1 is 0.225 bits per heavy atom. The van der Waals surface area contributed by atoms with Gasteiger partial charge in [-0.2, -0.15) is 0 Å². The van der Waals surface area contributed by atoms with Crippen molar-refractivity contribution in [3.63, 3.8) is 0 Å². The number of rotatable bonds is 36. The monoisotopic (exact) mass is 563 g/mol. The first-order chi connectivity index (χ1) is 19.8. The van der Waals surface area contributed by atoms with Gasteiger partial charge in [-0.1, -0.05) is 252 Å². The van der Waals surface area contributed by atoms with E-state index in [0.29, 0.717) is 0 Å². The van der Waals surface area contributed by atoms with Crippen molar-refractivity contribution in [2.75, 3.05) is 0 Å². The Balaban J connectivity index is 3.24. The average molecular weight is 563 g/mol. The minimum absolute atomic E-state index is 1.02. The summed E-state index contributed by atoms with van der Waals surface area (Å²) < 4.78 is 0. The van der Waals surface area contributed by atoms with Crippen LogP contribution in [0.4, 0.5) is 0 Å². The highest BCUT2D eigenvalue weighted by atomic mass is 14.1. The van der Waals surface area contributed by atoms with E-state index in [9.17, 15) is 0 Å². The summed E-state index contributed by atoms with van der Waals surface area (Å²) in [5.74, 6) is 1.02. The molecule has 0 radical (unpaired) electrons. The van der Waals surface area contributed by atoms with Crippen LogP contribution in [0.5, 0.6) is 0 Å². The summed E-state index contributed by atoms with van der Waals surface area (Å²) in [6, 6.07) is 0. The third-order valence-electron chi connectivity index (χ3n) is 9.76. The Hall–Kier alpha value is 0. The summed E-state index contributed by atoms with van der Waals surface area (Å²) in [4.78, 5) is 0. The van der Waals surface area contributed by atoms with Gasteiger partial charge < -0.3 is 0 Å². The van der Waals surface area contributed by atoms with Crippen LogP contribution in [0.25, 0.3) is 0 Å². The summed E-state index contributed by atoms with van der Waals surface area (Å²) in [6.45, 7) is 7.06. The van der Waals surface area contributed by atoms with Crippen LogP contribution in [0.1, 0.15) is 252 Å². The second-order valence-electron chi connectivity index (χ2n) is 13.8. The summed E-state index contributed by atoms with van der Waals surface area (Å²) in [7, 11) is 0. The van der Waals surface area contributed by atoms with E-state index >= 15 is 0 Å². The number of unbranched alkanes of at least 4 members (excludes halogenated alkanes) is 31. The summed E-state index contributed by atoms with van der Waals surface area (Å²) >= 11 is 0. The quantitative estimate of drug-likeness (QED) is 0.0666. The van der Waals surface area contributed by atoms with Crippen LogP contribution < -0.4 is 0 Å². The maximum absolute atomic E-state index is 2.43. The van der Waals surface area contributed by atoms with Crippen molar-refractivity contribution >= 4 is 0 Å². The SMILES string of the molecule is CCCCCCCCCCCCCCCCCCCCCC(CC)CCCCCCCCCCCCCCCC. The zero-order chi connectivity index (χ0) is 29.0. The van der Waals surface area contributed by atoms with Gasteiger partial charge in [0.1, 0.15) is 0 Å². The van der Waals surface area contributed by atoms with E-state index in [1.165, 1.54) is 231 Å². The molecule has 0 saturated carbocycles. The molecule has 0 aliphatic carbocycles. The molecule has 0 aromatic carbocycles. The van der Waals surface area contributed by atoms with E-state index in [-0.39, 0.29) is 0 Å². The average Bonchev–Trinajstić information content (AvgIpc) is 2.97. The first kappa shape index (κ1) is 40.0. The van der Waals surface area contributed by atoms with E-state index in [2.05, 4.69) is 20.8 Å². The summed E-state index contributed by atoms with van der Waals surface area (Å²) in [5.41, 5.74) is 0. The summed E-state index contributed by atoms with van der Waals surface area (Å²) in [5, 5.41) is 0. The predicted octanol–water partition coefficient (Wildman–Crippen LogP) is 15.7. The maximum Gasteiger partial charge on any atom is -0.0417 e. The molecular formula is C40H82. The molecule has 0 aromatic rings. The van der Waals surface area contributed by atoms with E-state index in [1.807, 2.05) is 0 Å². The number of hydrogen-bond acceptors (Lipinski definition) is 0. The predicted molar refractivity (Wildman–Crippen MR) is 187 cm³/mol. The van der Waals surface area contributed by atoms with Gasteiger partial charge in [0.25, 0.3) is 0 Å². The lowest BCUT2D eigenvalue weighted by Crippen LogP contribution is -1.99. The second-order valence-corrected chi connectivity index (χ2v) is 13.8. The van der Waals surface area contributed by atoms with Crippen molar-refractivity contribution < 1.29 is 0 Å². The molecule has 0 rings (SSSR count). The molecule has 0 N–H and O–H groups in total. The van der Waals surface area contributed by atoms with E-state index in [4.69, 9.17) is 0 Å². The molecule has 242 valence electrons. The molecule has 0 heteroatoms. The standard InChI is InChI=1S/C40H82/c1-4-7-9-11-13-15-17-19-21-22-23-24-25-27-29-31-33-35-37-39-40(6-3)38-36-34-32-30-28-26-20-18-16-14-12-10-8-5-2/h40H,4-39H2,1-3H3. The normalized spacial score (nSPS) is 12.4. The molecule has 0 aliphatic heterocycles. The lowest BCUT2D eigenvalue weighted by atomic mass is 9.92. The fourth-order valence-corrected chi connectivity index (χ4v) is 6.69. The van der Waals surface area contributed by atoms with Crippen molar-refractivity contribution in [3.05, 3.63) is 0 Å². The van der Waals surface area contributed by atoms with Crippen LogP contribution in [0.2, 0.25) is 0 Å². The Bertz CT molecular complexity index is 412. The Kier molecular flexibility index (Phi) is 37.0. The van der Waals surface area contributed by atoms with Gasteiger partial charge in [0.05, 0.1) is 0 Å². The third-order valence-corrected chi connectivity index (χ3v) is 9.76. The largest absolute Gasteiger partial charge is 0.0654 e. The molecule has 0 fully saturated rings. The molecule has 0 nitrogen and oxygen atoms in total. The van der Waals surface area contributed by atoms with Crippen LogP contribution in [0.3, 0.4) is 0 Å². The van der Waals surface area contributed by atoms with Crippen molar-refractivity contribution in [1.29, 1.82) is 0 Å². The van der Waals surface area contributed by atoms with Gasteiger partial charge in [-0.05, 0) is 5.92 Å². The first-order valence-electron chi connectivity index (χ1n) is 19.8. The molecule has 0 aromatic heterocycles. The fourth-order valence-electron chi connectivity index (χ4n) is 6.69. The number of hydrogen-bond donors (Lipinski definition) is 0. The highest BCUT2D eigenvalue weighted by molar-refractivity contribution is 4.60. The van der Waals surface area contributed by atoms with Gasteiger partial charge in [-0.25, -0.2) is 0 Å². The minimum Gasteiger partial charge on any atom is -0.0654 e. The Labute approximate surface area is 257 Å². The molecule has 0 amide bonds. The third kappa shape index (κ3) is 34.2. The first-order valence-corrected chi connectivity index (χ1v) is 19.8. The summed E-state index contributed by atoms with van der Waals surface area (Å²) in [6.07, 6.45) is 53.3. The Morgan fingerprint density at radius 2 is 0.400 bits per heavy atom. The molecule has 0 aliphatic rings. The van der Waals surface area contributed by atoms with Crippen molar-refractivity contribution in [3.8, 4) is 0 Å². The molecular weight excluding hydrogens is 480 g/mol. The fraction of sp³-hybridized carbons (Fsp3) is 1.00. The van der Waals surface area contributed by atoms with Crippen LogP contribution >= 0.6 is 0 Å². The maximum atomic E-state index is 2.43. The van der Waals surface area contributed by atoms with Gasteiger partial charge in [0.2, 0.25) is 0 Å². The van der Waals surface area contributed by atoms with Gasteiger partial charge >= 0.3 is 0 Å². The molecule has 0 saturated heterocycles. The van der Waals surface area contributed by atoms with Crippen LogP contribution in [-0.4, -0.2) is 0 Å². The van der Waals surface area contributed by atoms with E-state index in [1.54, 1.807) is 0 Å². The highest BCUT2D eigenvalue weighted by Crippen LogP contribution is 2.22. The molecule has 1 unspecified atom stereocenters. The zero-order valence-electron chi connectivity index (χ0n) is 29.0. The highest BCUT2D eigenvalue weighted by Gasteiger charge is 2.06. The Morgan fingerprint density at radius 3 is 0.575 bits per heavy atom. The van der Waals surface area contributed by atoms with E-state index in [0.717, 1.165) is 5.92 Å². The lowest BCUT2D eigenvalue weighted by molar-refractivity contribution is 0.392. The zero-order valence-corrected chi connectivity index (χ0v) is 29.0. The van der Waals surface area contributed by atoms with Gasteiger partial charge in [0, 0.05) is 0 Å². The van der Waals surface area contributed by atoms with Gasteiger partial charge in [-0.3, -0.25) is 0 Å². The van der Waals surface area contributed by atoms with Crippen LogP contribution in [0, 0.1) is 5.92 Å². The van der Waals surface area contributed by atoms with Gasteiger partial charge in [0.15, 0.2) is 0 Å². The molecule has 0 bridgehead atoms. The van der Waals surface area contributed by atoms with E-state index < -0.39 is 0 Å². The second kappa shape index (κ2) is 37.0. The topological polar surface area (TPSA) is 0 Å². The minimum atomic E-state index is 1.02. The molecule has 40 heavy (non-hydrogen) atoms.